The second-order valence-corrected chi connectivity index (χ2v) is 5.46. The number of hydrogen-bond donors (Lipinski definition) is 1. The van der Waals surface area contributed by atoms with Gasteiger partial charge in [-0.3, -0.25) is 14.9 Å². The molecule has 0 saturated heterocycles. The van der Waals surface area contributed by atoms with Crippen LogP contribution in [0, 0.1) is 10.1 Å². The predicted molar refractivity (Wildman–Crippen MR) is 90.8 cm³/mol. The highest BCUT2D eigenvalue weighted by Gasteiger charge is 2.27. The molecule has 0 aliphatic rings. The summed E-state index contributed by atoms with van der Waals surface area (Å²) in [7, 11) is 3.08. The Balaban J connectivity index is 2.33. The van der Waals surface area contributed by atoms with E-state index in [9.17, 15) is 19.7 Å². The van der Waals surface area contributed by atoms with Gasteiger partial charge in [-0.2, -0.15) is 0 Å². The van der Waals surface area contributed by atoms with Gasteiger partial charge in [-0.1, -0.05) is 30.3 Å². The van der Waals surface area contributed by atoms with Crippen molar-refractivity contribution < 1.29 is 19.2 Å². The molecule has 0 aromatic heterocycles. The molecule has 8 nitrogen and oxygen atoms in total. The Hall–Kier alpha value is -3.42. The van der Waals surface area contributed by atoms with Crippen LogP contribution in [-0.2, 0) is 9.53 Å². The maximum absolute atomic E-state index is 12.4. The monoisotopic (exact) mass is 343 g/mol. The average molecular weight is 343 g/mol. The van der Waals surface area contributed by atoms with Crippen molar-refractivity contribution in [3.63, 3.8) is 0 Å². The van der Waals surface area contributed by atoms with Crippen molar-refractivity contribution in [1.82, 2.24) is 4.90 Å². The summed E-state index contributed by atoms with van der Waals surface area (Å²) in [6, 6.07) is 12.1. The van der Waals surface area contributed by atoms with E-state index in [0.29, 0.717) is 5.56 Å². The van der Waals surface area contributed by atoms with Crippen molar-refractivity contribution in [2.75, 3.05) is 19.8 Å². The number of esters is 1. The number of carbonyl (C=O) groups excluding carboxylic acids is 2. The molecule has 2 aromatic carbocycles. The van der Waals surface area contributed by atoms with Crippen LogP contribution in [0.2, 0.25) is 0 Å². The first-order valence-corrected chi connectivity index (χ1v) is 7.32. The molecule has 0 bridgehead atoms. The zero-order valence-corrected chi connectivity index (χ0v) is 13.7. The maximum Gasteiger partial charge on any atom is 0.339 e. The minimum absolute atomic E-state index is 0.0617. The van der Waals surface area contributed by atoms with Crippen LogP contribution in [0.4, 0.5) is 11.4 Å². The third kappa shape index (κ3) is 4.11. The Kier molecular flexibility index (Phi) is 5.33. The van der Waals surface area contributed by atoms with E-state index in [-0.39, 0.29) is 11.3 Å². The number of rotatable bonds is 5. The lowest BCUT2D eigenvalue weighted by atomic mass is 10.1. The van der Waals surface area contributed by atoms with Gasteiger partial charge in [0, 0.05) is 25.7 Å². The predicted octanol–water partition coefficient (Wildman–Crippen LogP) is 2.16. The number of nitrogen functional groups attached to an aromatic ring is 1. The van der Waals surface area contributed by atoms with Crippen molar-refractivity contribution in [3.8, 4) is 0 Å². The van der Waals surface area contributed by atoms with Crippen molar-refractivity contribution in [2.45, 2.75) is 6.10 Å². The molecule has 0 unspecified atom stereocenters. The number of ether oxygens (including phenoxy) is 1. The SMILES string of the molecule is CN(C)C(=O)[C@@H](OC(=O)c1ccc(N)c([N+](=O)[O-])c1)c1ccccc1. The summed E-state index contributed by atoms with van der Waals surface area (Å²) < 4.78 is 5.33. The Morgan fingerprint density at radius 1 is 1.16 bits per heavy atom. The van der Waals surface area contributed by atoms with Crippen LogP contribution >= 0.6 is 0 Å². The van der Waals surface area contributed by atoms with E-state index in [1.165, 1.54) is 17.0 Å². The molecule has 0 fully saturated rings. The quantitative estimate of drug-likeness (QED) is 0.385. The second-order valence-electron chi connectivity index (χ2n) is 5.46. The largest absolute Gasteiger partial charge is 0.444 e. The molecule has 0 heterocycles. The fourth-order valence-corrected chi connectivity index (χ4v) is 2.13. The van der Waals surface area contributed by atoms with E-state index < -0.39 is 28.6 Å². The number of hydrogen-bond acceptors (Lipinski definition) is 6. The van der Waals surface area contributed by atoms with Crippen LogP contribution in [0.1, 0.15) is 22.0 Å². The Morgan fingerprint density at radius 3 is 2.36 bits per heavy atom. The zero-order valence-electron chi connectivity index (χ0n) is 13.7. The molecule has 1 atom stereocenters. The number of benzene rings is 2. The fraction of sp³-hybridized carbons (Fsp3) is 0.176. The second kappa shape index (κ2) is 7.43. The van der Waals surface area contributed by atoms with Crippen LogP contribution in [0.25, 0.3) is 0 Å². The molecular weight excluding hydrogens is 326 g/mol. The molecule has 130 valence electrons. The molecule has 0 aliphatic carbocycles. The highest BCUT2D eigenvalue weighted by molar-refractivity contribution is 5.94. The van der Waals surface area contributed by atoms with Gasteiger partial charge in [0.1, 0.15) is 5.69 Å². The number of nitrogens with two attached hydrogens (primary N) is 1. The van der Waals surface area contributed by atoms with E-state index in [1.807, 2.05) is 0 Å². The molecule has 2 N–H and O–H groups in total. The van der Waals surface area contributed by atoms with Gasteiger partial charge in [-0.05, 0) is 12.1 Å². The highest BCUT2D eigenvalue weighted by Crippen LogP contribution is 2.25. The third-order valence-electron chi connectivity index (χ3n) is 3.46. The molecule has 2 rings (SSSR count). The summed E-state index contributed by atoms with van der Waals surface area (Å²) in [5.74, 6) is -1.28. The van der Waals surface area contributed by atoms with Crippen LogP contribution in [0.5, 0.6) is 0 Å². The van der Waals surface area contributed by atoms with Crippen molar-refractivity contribution >= 4 is 23.3 Å². The van der Waals surface area contributed by atoms with Crippen LogP contribution < -0.4 is 5.73 Å². The molecule has 2 aromatic rings. The minimum Gasteiger partial charge on any atom is -0.444 e. The van der Waals surface area contributed by atoms with Crippen LogP contribution in [-0.4, -0.2) is 35.8 Å². The highest BCUT2D eigenvalue weighted by atomic mass is 16.6. The summed E-state index contributed by atoms with van der Waals surface area (Å²) in [4.78, 5) is 36.3. The van der Waals surface area contributed by atoms with E-state index in [2.05, 4.69) is 0 Å². The Morgan fingerprint density at radius 2 is 1.80 bits per heavy atom. The molecule has 25 heavy (non-hydrogen) atoms. The number of nitro benzene ring substituents is 1. The molecular formula is C17H17N3O5. The van der Waals surface area contributed by atoms with E-state index in [1.54, 1.807) is 44.4 Å². The summed E-state index contributed by atoms with van der Waals surface area (Å²) >= 11 is 0. The van der Waals surface area contributed by atoms with Gasteiger partial charge in [0.15, 0.2) is 0 Å². The van der Waals surface area contributed by atoms with E-state index in [0.717, 1.165) is 6.07 Å². The van der Waals surface area contributed by atoms with Crippen molar-refractivity contribution in [2.24, 2.45) is 0 Å². The average Bonchev–Trinajstić information content (AvgIpc) is 2.59. The number of nitro groups is 1. The minimum atomic E-state index is -1.15. The van der Waals surface area contributed by atoms with Gasteiger partial charge >= 0.3 is 5.97 Å². The molecule has 0 aliphatic heterocycles. The van der Waals surface area contributed by atoms with Gasteiger partial charge in [0.25, 0.3) is 11.6 Å². The molecule has 0 saturated carbocycles. The van der Waals surface area contributed by atoms with E-state index in [4.69, 9.17) is 10.5 Å². The fourth-order valence-electron chi connectivity index (χ4n) is 2.13. The van der Waals surface area contributed by atoms with Gasteiger partial charge < -0.3 is 15.4 Å². The number of carbonyl (C=O) groups is 2. The number of nitrogens with zero attached hydrogens (tertiary/aromatic N) is 2. The third-order valence-corrected chi connectivity index (χ3v) is 3.46. The lowest BCUT2D eigenvalue weighted by Crippen LogP contribution is -2.31. The Labute approximate surface area is 144 Å². The number of anilines is 1. The molecule has 8 heteroatoms. The van der Waals surface area contributed by atoms with Gasteiger partial charge in [-0.25, -0.2) is 4.79 Å². The summed E-state index contributed by atoms with van der Waals surface area (Å²) in [5.41, 5.74) is 5.49. The van der Waals surface area contributed by atoms with Crippen LogP contribution in [0.15, 0.2) is 48.5 Å². The lowest BCUT2D eigenvalue weighted by Gasteiger charge is -2.21. The van der Waals surface area contributed by atoms with Crippen molar-refractivity contribution in [1.29, 1.82) is 0 Å². The van der Waals surface area contributed by atoms with Crippen molar-refractivity contribution in [3.05, 3.63) is 69.8 Å². The summed E-state index contributed by atoms with van der Waals surface area (Å²) in [6.45, 7) is 0. The maximum atomic E-state index is 12.4. The normalized spacial score (nSPS) is 11.4. The van der Waals surface area contributed by atoms with Gasteiger partial charge in [0.05, 0.1) is 10.5 Å². The Bertz CT molecular complexity index is 805. The lowest BCUT2D eigenvalue weighted by molar-refractivity contribution is -0.383. The summed E-state index contributed by atoms with van der Waals surface area (Å²) in [5, 5.41) is 11.0. The van der Waals surface area contributed by atoms with E-state index >= 15 is 0 Å². The van der Waals surface area contributed by atoms with Gasteiger partial charge in [-0.15, -0.1) is 0 Å². The van der Waals surface area contributed by atoms with Crippen LogP contribution in [0.3, 0.4) is 0 Å². The number of amides is 1. The topological polar surface area (TPSA) is 116 Å². The first-order chi connectivity index (χ1) is 11.8. The van der Waals surface area contributed by atoms with Gasteiger partial charge in [0.2, 0.25) is 6.10 Å². The first-order valence-electron chi connectivity index (χ1n) is 7.32. The zero-order chi connectivity index (χ0) is 18.6. The first kappa shape index (κ1) is 17.9. The molecule has 0 radical (unpaired) electrons. The standard InChI is InChI=1S/C17H17N3O5/c1-19(2)16(21)15(11-6-4-3-5-7-11)25-17(22)12-8-9-13(18)14(10-12)20(23)24/h3-10,15H,18H2,1-2H3/t15-/m0/s1. The number of likely N-dealkylation sites (N-methyl/N-ethyl adjacent to an activating group) is 1. The smallest absolute Gasteiger partial charge is 0.339 e. The molecule has 0 spiro atoms. The molecule has 1 amide bonds. The summed E-state index contributed by atoms with van der Waals surface area (Å²) in [6.07, 6.45) is -1.15.